The van der Waals surface area contributed by atoms with Crippen LogP contribution < -0.4 is 5.32 Å². The fourth-order valence-corrected chi connectivity index (χ4v) is 1.74. The Balaban J connectivity index is 2.67. The average Bonchev–Trinajstić information content (AvgIpc) is 2.30. The van der Waals surface area contributed by atoms with Gasteiger partial charge in [0.1, 0.15) is 0 Å². The number of anilines is 1. The van der Waals surface area contributed by atoms with Gasteiger partial charge >= 0.3 is 5.97 Å². The topological polar surface area (TPSA) is 90.2 Å². The van der Waals surface area contributed by atoms with Crippen molar-refractivity contribution in [2.75, 3.05) is 5.32 Å². The maximum absolute atomic E-state index is 11.7. The largest absolute Gasteiger partial charge is 0.481 e. The molecule has 1 amide bonds. The molecule has 0 aromatic heterocycles. The van der Waals surface area contributed by atoms with Crippen LogP contribution in [0.15, 0.2) is 18.2 Å². The summed E-state index contributed by atoms with van der Waals surface area (Å²) in [6.45, 7) is 1.68. The third-order valence-corrected chi connectivity index (χ3v) is 2.76. The normalized spacial score (nSPS) is 11.4. The molecule has 0 aliphatic carbocycles. The van der Waals surface area contributed by atoms with Crippen LogP contribution in [-0.4, -0.2) is 17.0 Å². The lowest BCUT2D eigenvalue weighted by atomic mass is 10.0. The summed E-state index contributed by atoms with van der Waals surface area (Å²) >= 11 is 5.90. The highest BCUT2D eigenvalue weighted by Gasteiger charge is 2.14. The Kier molecular flexibility index (Phi) is 5.34. The molecule has 1 rings (SSSR count). The second kappa shape index (κ2) is 6.76. The second-order valence-corrected chi connectivity index (χ2v) is 4.67. The first-order valence-electron chi connectivity index (χ1n) is 5.63. The van der Waals surface area contributed by atoms with Crippen molar-refractivity contribution in [3.05, 3.63) is 28.8 Å². The first-order chi connectivity index (χ1) is 8.92. The van der Waals surface area contributed by atoms with E-state index in [1.807, 2.05) is 6.07 Å². The van der Waals surface area contributed by atoms with E-state index in [2.05, 4.69) is 5.32 Å². The zero-order chi connectivity index (χ0) is 14.4. The number of aliphatic carboxylic acids is 1. The van der Waals surface area contributed by atoms with Crippen molar-refractivity contribution in [3.63, 3.8) is 0 Å². The molecule has 0 spiro atoms. The van der Waals surface area contributed by atoms with Crippen molar-refractivity contribution in [2.45, 2.75) is 19.8 Å². The molecule has 0 bridgehead atoms. The van der Waals surface area contributed by atoms with Crippen molar-refractivity contribution >= 4 is 29.2 Å². The van der Waals surface area contributed by atoms with Gasteiger partial charge in [0.15, 0.2) is 0 Å². The smallest absolute Gasteiger partial charge is 0.303 e. The molecule has 1 aromatic rings. The minimum absolute atomic E-state index is 0.0701. The van der Waals surface area contributed by atoms with E-state index in [1.54, 1.807) is 13.0 Å². The Bertz CT molecular complexity index is 537. The Hall–Kier alpha value is -2.06. The average molecular weight is 281 g/mol. The van der Waals surface area contributed by atoms with Crippen molar-refractivity contribution in [1.82, 2.24) is 0 Å². The Labute approximate surface area is 115 Å². The number of nitriles is 1. The molecular weight excluding hydrogens is 268 g/mol. The minimum Gasteiger partial charge on any atom is -0.481 e. The maximum Gasteiger partial charge on any atom is 0.303 e. The Morgan fingerprint density at radius 3 is 2.74 bits per heavy atom. The van der Waals surface area contributed by atoms with Gasteiger partial charge < -0.3 is 10.4 Å². The van der Waals surface area contributed by atoms with Crippen LogP contribution in [0, 0.1) is 17.2 Å². The van der Waals surface area contributed by atoms with Crippen LogP contribution in [0.4, 0.5) is 5.69 Å². The summed E-state index contributed by atoms with van der Waals surface area (Å²) in [5, 5.41) is 20.3. The van der Waals surface area contributed by atoms with Gasteiger partial charge in [-0.1, -0.05) is 18.5 Å². The standard InChI is InChI=1S/C13H13ClN2O3/c1-8(5-13(18)19)4-12(17)16-11-6-9(7-15)2-3-10(11)14/h2-3,6,8H,4-5H2,1H3,(H,16,17)(H,18,19). The lowest BCUT2D eigenvalue weighted by molar-refractivity contribution is -0.138. The van der Waals surface area contributed by atoms with Crippen molar-refractivity contribution in [2.24, 2.45) is 5.92 Å². The first-order valence-corrected chi connectivity index (χ1v) is 6.01. The third kappa shape index (κ3) is 4.98. The zero-order valence-electron chi connectivity index (χ0n) is 10.3. The van der Waals surface area contributed by atoms with E-state index in [0.29, 0.717) is 16.3 Å². The molecule has 0 fully saturated rings. The van der Waals surface area contributed by atoms with Crippen molar-refractivity contribution in [3.8, 4) is 6.07 Å². The zero-order valence-corrected chi connectivity index (χ0v) is 11.1. The summed E-state index contributed by atoms with van der Waals surface area (Å²) in [5.74, 6) is -1.54. The van der Waals surface area contributed by atoms with E-state index in [4.69, 9.17) is 22.0 Å². The van der Waals surface area contributed by atoms with Gasteiger partial charge in [-0.2, -0.15) is 5.26 Å². The highest BCUT2D eigenvalue weighted by atomic mass is 35.5. The van der Waals surface area contributed by atoms with Gasteiger partial charge in [0.25, 0.3) is 0 Å². The van der Waals surface area contributed by atoms with Gasteiger partial charge in [0.2, 0.25) is 5.91 Å². The summed E-state index contributed by atoms with van der Waals surface area (Å²) in [5.41, 5.74) is 0.742. The maximum atomic E-state index is 11.7. The first kappa shape index (κ1) is 15.0. The molecular formula is C13H13ClN2O3. The molecule has 0 heterocycles. The van der Waals surface area contributed by atoms with Gasteiger partial charge in [0, 0.05) is 12.8 Å². The van der Waals surface area contributed by atoms with Gasteiger partial charge in [-0.05, 0) is 24.1 Å². The molecule has 100 valence electrons. The molecule has 1 unspecified atom stereocenters. The number of benzene rings is 1. The van der Waals surface area contributed by atoms with Crippen LogP contribution in [0.3, 0.4) is 0 Å². The van der Waals surface area contributed by atoms with E-state index in [9.17, 15) is 9.59 Å². The summed E-state index contributed by atoms with van der Waals surface area (Å²) in [6, 6.07) is 6.49. The predicted molar refractivity (Wildman–Crippen MR) is 70.8 cm³/mol. The highest BCUT2D eigenvalue weighted by Crippen LogP contribution is 2.23. The van der Waals surface area contributed by atoms with Gasteiger partial charge in [-0.25, -0.2) is 0 Å². The predicted octanol–water partition coefficient (Wildman–Crippen LogP) is 2.65. The second-order valence-electron chi connectivity index (χ2n) is 4.26. The molecule has 19 heavy (non-hydrogen) atoms. The number of nitrogens with zero attached hydrogens (tertiary/aromatic N) is 1. The lowest BCUT2D eigenvalue weighted by Gasteiger charge is -2.10. The summed E-state index contributed by atoms with van der Waals surface area (Å²) in [7, 11) is 0. The summed E-state index contributed by atoms with van der Waals surface area (Å²) in [6.07, 6.45) is 0.0127. The molecule has 5 nitrogen and oxygen atoms in total. The van der Waals surface area contributed by atoms with Crippen LogP contribution in [0.2, 0.25) is 5.02 Å². The van der Waals surface area contributed by atoms with Gasteiger partial charge in [-0.15, -0.1) is 0 Å². The minimum atomic E-state index is -0.940. The van der Waals surface area contributed by atoms with Crippen LogP contribution >= 0.6 is 11.6 Å². The number of rotatable bonds is 5. The van der Waals surface area contributed by atoms with Crippen LogP contribution in [0.1, 0.15) is 25.3 Å². The van der Waals surface area contributed by atoms with Crippen LogP contribution in [-0.2, 0) is 9.59 Å². The number of carbonyl (C=O) groups is 2. The van der Waals surface area contributed by atoms with E-state index >= 15 is 0 Å². The molecule has 0 saturated carbocycles. The number of hydrogen-bond acceptors (Lipinski definition) is 3. The van der Waals surface area contributed by atoms with Gasteiger partial charge in [-0.3, -0.25) is 9.59 Å². The summed E-state index contributed by atoms with van der Waals surface area (Å²) < 4.78 is 0. The van der Waals surface area contributed by atoms with Crippen molar-refractivity contribution < 1.29 is 14.7 Å². The van der Waals surface area contributed by atoms with Gasteiger partial charge in [0.05, 0.1) is 22.3 Å². The fourth-order valence-electron chi connectivity index (χ4n) is 1.58. The number of carboxylic acids is 1. The summed E-state index contributed by atoms with van der Waals surface area (Å²) in [4.78, 5) is 22.2. The molecule has 0 aliphatic rings. The number of amides is 1. The van der Waals surface area contributed by atoms with E-state index in [0.717, 1.165) is 0 Å². The number of carbonyl (C=O) groups excluding carboxylic acids is 1. The Morgan fingerprint density at radius 2 is 2.16 bits per heavy atom. The van der Waals surface area contributed by atoms with Crippen LogP contribution in [0.25, 0.3) is 0 Å². The number of hydrogen-bond donors (Lipinski definition) is 2. The van der Waals surface area contributed by atoms with Crippen LogP contribution in [0.5, 0.6) is 0 Å². The monoisotopic (exact) mass is 280 g/mol. The molecule has 0 saturated heterocycles. The van der Waals surface area contributed by atoms with E-state index in [1.165, 1.54) is 12.1 Å². The van der Waals surface area contributed by atoms with E-state index < -0.39 is 5.97 Å². The molecule has 0 radical (unpaired) electrons. The van der Waals surface area contributed by atoms with Crippen molar-refractivity contribution in [1.29, 1.82) is 5.26 Å². The number of nitrogens with one attached hydrogen (secondary N) is 1. The Morgan fingerprint density at radius 1 is 1.47 bits per heavy atom. The molecule has 6 heteroatoms. The number of halogens is 1. The molecule has 0 aliphatic heterocycles. The molecule has 2 N–H and O–H groups in total. The molecule has 1 aromatic carbocycles. The SMILES string of the molecule is CC(CC(=O)O)CC(=O)Nc1cc(C#N)ccc1Cl. The van der Waals surface area contributed by atoms with E-state index in [-0.39, 0.29) is 24.7 Å². The number of carboxylic acid groups (broad SMARTS) is 1. The molecule has 1 atom stereocenters. The lowest BCUT2D eigenvalue weighted by Crippen LogP contribution is -2.17. The highest BCUT2D eigenvalue weighted by molar-refractivity contribution is 6.33. The third-order valence-electron chi connectivity index (χ3n) is 2.43. The fraction of sp³-hybridized carbons (Fsp3) is 0.308. The quantitative estimate of drug-likeness (QED) is 0.867.